The van der Waals surface area contributed by atoms with Gasteiger partial charge in [-0.3, -0.25) is 9.91 Å². The Balaban J connectivity index is 0.00000520. The summed E-state index contributed by atoms with van der Waals surface area (Å²) in [5.74, 6) is -2.55. The summed E-state index contributed by atoms with van der Waals surface area (Å²) >= 11 is 0. The van der Waals surface area contributed by atoms with Crippen LogP contribution in [0.4, 0.5) is 24.1 Å². The van der Waals surface area contributed by atoms with E-state index < -0.39 is 47.5 Å². The lowest BCUT2D eigenvalue weighted by molar-refractivity contribution is -0.153. The Morgan fingerprint density at radius 2 is 1.79 bits per heavy atom. The molecule has 5 rings (SSSR count). The Hall–Kier alpha value is -5.10. The number of hydrogen-bond acceptors (Lipinski definition) is 13. The second-order valence-electron chi connectivity index (χ2n) is 10.8. The first-order valence-corrected chi connectivity index (χ1v) is 14.6. The Kier molecular flexibility index (Phi) is 11.3. The zero-order valence-electron chi connectivity index (χ0n) is 26.2. The van der Waals surface area contributed by atoms with Crippen LogP contribution in [0.3, 0.4) is 0 Å². The van der Waals surface area contributed by atoms with Gasteiger partial charge in [0, 0.05) is 30.4 Å². The number of carbonyl (C=O) groups excluding carboxylic acids is 3. The number of β-amino-alcohol motifs (C(OH)–C–C–N with tert-alkyl or cyclic N) is 1. The van der Waals surface area contributed by atoms with Crippen molar-refractivity contribution in [1.29, 1.82) is 0 Å². The molecule has 0 aliphatic carbocycles. The van der Waals surface area contributed by atoms with E-state index in [1.165, 1.54) is 44.0 Å². The quantitative estimate of drug-likeness (QED) is 0.276. The summed E-state index contributed by atoms with van der Waals surface area (Å²) in [5, 5.41) is 28.9. The maximum atomic E-state index is 15.3. The maximum absolute atomic E-state index is 15.3. The second kappa shape index (κ2) is 15.2. The molecule has 0 saturated carbocycles. The normalized spacial score (nSPS) is 16.8. The molecule has 1 N–H and O–H groups in total. The van der Waals surface area contributed by atoms with Crippen LogP contribution in [0.25, 0.3) is 5.69 Å². The summed E-state index contributed by atoms with van der Waals surface area (Å²) < 4.78 is 45.4. The Morgan fingerprint density at radius 3 is 2.46 bits per heavy atom. The van der Waals surface area contributed by atoms with Gasteiger partial charge in [0.05, 0.1) is 24.9 Å². The Labute approximate surface area is 279 Å². The van der Waals surface area contributed by atoms with Gasteiger partial charge in [0.15, 0.2) is 12.8 Å². The molecule has 2 amide bonds. The number of anilines is 1. The van der Waals surface area contributed by atoms with E-state index in [1.54, 1.807) is 38.1 Å². The summed E-state index contributed by atoms with van der Waals surface area (Å²) in [7, 11) is 0. The van der Waals surface area contributed by atoms with Crippen molar-refractivity contribution >= 4 is 42.6 Å². The first-order chi connectivity index (χ1) is 22.5. The maximum Gasteiger partial charge on any atom is 0.510 e. The van der Waals surface area contributed by atoms with Crippen molar-refractivity contribution in [3.63, 3.8) is 0 Å². The van der Waals surface area contributed by atoms with E-state index in [-0.39, 0.29) is 57.6 Å². The molecule has 0 radical (unpaired) electrons. The molecular weight excluding hydrogens is 660 g/mol. The van der Waals surface area contributed by atoms with Crippen LogP contribution in [0, 0.1) is 11.6 Å². The molecule has 2 aliphatic rings. The first-order valence-electron chi connectivity index (χ1n) is 14.6. The Bertz CT molecular complexity index is 1620. The molecule has 0 unspecified atom stereocenters. The molecule has 2 aliphatic heterocycles. The number of halogens is 3. The van der Waals surface area contributed by atoms with E-state index in [2.05, 4.69) is 20.6 Å². The van der Waals surface area contributed by atoms with E-state index >= 15 is 4.39 Å². The molecule has 48 heavy (non-hydrogen) atoms. The molecule has 0 bridgehead atoms. The number of ether oxygens (including phenoxy) is 3. The third kappa shape index (κ3) is 7.71. The van der Waals surface area contributed by atoms with Gasteiger partial charge in [-0.05, 0) is 61.5 Å². The van der Waals surface area contributed by atoms with Gasteiger partial charge in [0.25, 0.3) is 0 Å². The lowest BCUT2D eigenvalue weighted by Crippen LogP contribution is -2.55. The average Bonchev–Trinajstić information content (AvgIpc) is 3.82. The van der Waals surface area contributed by atoms with Gasteiger partial charge >= 0.3 is 18.2 Å². The van der Waals surface area contributed by atoms with Gasteiger partial charge in [-0.15, -0.1) is 17.5 Å². The molecule has 3 heterocycles. The number of aliphatic hydroxyl groups is 1. The molecule has 1 aromatic heterocycles. The average molecular weight is 694 g/mol. The van der Waals surface area contributed by atoms with Crippen molar-refractivity contribution in [1.82, 2.24) is 35.0 Å². The highest BCUT2D eigenvalue weighted by molar-refractivity contribution is 5.94. The lowest BCUT2D eigenvalue weighted by Gasteiger charge is -2.41. The molecule has 258 valence electrons. The number of hydrogen-bond donors (Lipinski definition) is 1. The van der Waals surface area contributed by atoms with Crippen molar-refractivity contribution < 1.29 is 42.5 Å². The fraction of sp³-hybridized carbons (Fsp3) is 0.414. The van der Waals surface area contributed by atoms with Crippen molar-refractivity contribution in [2.75, 3.05) is 44.5 Å². The lowest BCUT2D eigenvalue weighted by atomic mass is 9.85. The summed E-state index contributed by atoms with van der Waals surface area (Å²) in [6, 6.07) is 8.34. The number of nitrogens with zero attached hydrogens (tertiary/aromatic N) is 9. The minimum atomic E-state index is -2.07. The van der Waals surface area contributed by atoms with Crippen LogP contribution in [0.15, 0.2) is 53.9 Å². The molecular formula is C29H34ClF2N9O7. The zero-order chi connectivity index (χ0) is 33.7. The number of esters is 1. The summed E-state index contributed by atoms with van der Waals surface area (Å²) in [6.45, 7) is 4.49. The molecule has 0 spiro atoms. The number of hydrazone groups is 1. The number of benzene rings is 2. The molecule has 16 nitrogen and oxygen atoms in total. The van der Waals surface area contributed by atoms with E-state index in [4.69, 9.17) is 14.2 Å². The van der Waals surface area contributed by atoms with E-state index in [0.29, 0.717) is 17.4 Å². The highest BCUT2D eigenvalue weighted by Crippen LogP contribution is 2.35. The van der Waals surface area contributed by atoms with Crippen LogP contribution in [-0.2, 0) is 24.6 Å². The van der Waals surface area contributed by atoms with Crippen LogP contribution in [0.1, 0.15) is 26.3 Å². The fourth-order valence-corrected chi connectivity index (χ4v) is 5.25. The minimum Gasteiger partial charge on any atom is -0.463 e. The predicted molar refractivity (Wildman–Crippen MR) is 166 cm³/mol. The van der Waals surface area contributed by atoms with Crippen LogP contribution in [0.5, 0.6) is 0 Å². The third-order valence-corrected chi connectivity index (χ3v) is 7.76. The number of tetrazole rings is 1. The number of rotatable bonds is 12. The summed E-state index contributed by atoms with van der Waals surface area (Å²) in [6.07, 6.45) is 0.483. The number of aromatic nitrogens is 4. The topological polar surface area (TPSA) is 168 Å². The summed E-state index contributed by atoms with van der Waals surface area (Å²) in [5.41, 5.74) is -1.03. The van der Waals surface area contributed by atoms with Gasteiger partial charge < -0.3 is 29.1 Å². The molecule has 1 saturated heterocycles. The van der Waals surface area contributed by atoms with Crippen LogP contribution >= 0.6 is 12.4 Å². The summed E-state index contributed by atoms with van der Waals surface area (Å²) in [4.78, 5) is 41.8. The monoisotopic (exact) mass is 693 g/mol. The Morgan fingerprint density at radius 1 is 1.06 bits per heavy atom. The van der Waals surface area contributed by atoms with Gasteiger partial charge in [0.2, 0.25) is 0 Å². The molecule has 19 heteroatoms. The van der Waals surface area contributed by atoms with Gasteiger partial charge in [-0.2, -0.15) is 5.10 Å². The second-order valence-corrected chi connectivity index (χ2v) is 10.8. The standard InChI is InChI=1S/C29H33F2N9O7.ClH/c1-4-45-26(41)19(2)47-28(43)46-18-36-16-33-37(17-36)14-29(44,24-10-5-21(30)13-25(24)31)20(3)38-11-12-39(27(38)42)22-6-8-23(9-7-22)40-15-32-34-35-40;/h5-10,13,15-16,19-20,44H,4,11-12,14,17-18H2,1-3H3;1H/t19-,20+,29+;/m0./s1. The minimum absolute atomic E-state index is 0. The predicted octanol–water partition coefficient (Wildman–Crippen LogP) is 2.46. The van der Waals surface area contributed by atoms with E-state index in [1.807, 2.05) is 0 Å². The largest absolute Gasteiger partial charge is 0.510 e. The number of amides is 2. The van der Waals surface area contributed by atoms with E-state index in [0.717, 1.165) is 12.1 Å². The fourth-order valence-electron chi connectivity index (χ4n) is 5.25. The third-order valence-electron chi connectivity index (χ3n) is 7.76. The number of urea groups is 1. The first kappa shape index (κ1) is 35.7. The van der Waals surface area contributed by atoms with Crippen LogP contribution in [-0.4, -0.2) is 116 Å². The van der Waals surface area contributed by atoms with Gasteiger partial charge in [-0.1, -0.05) is 6.07 Å². The highest BCUT2D eigenvalue weighted by Gasteiger charge is 2.47. The molecule has 1 fully saturated rings. The van der Waals surface area contributed by atoms with Crippen molar-refractivity contribution in [3.8, 4) is 5.69 Å². The van der Waals surface area contributed by atoms with Crippen molar-refractivity contribution in [3.05, 3.63) is 66.0 Å². The van der Waals surface area contributed by atoms with Crippen LogP contribution < -0.4 is 4.90 Å². The van der Waals surface area contributed by atoms with Crippen LogP contribution in [0.2, 0.25) is 0 Å². The molecule has 2 aromatic carbocycles. The zero-order valence-corrected chi connectivity index (χ0v) is 27.0. The van der Waals surface area contributed by atoms with Gasteiger partial charge in [0.1, 0.15) is 36.6 Å². The van der Waals surface area contributed by atoms with Crippen molar-refractivity contribution in [2.45, 2.75) is 38.5 Å². The molecule has 3 atom stereocenters. The van der Waals surface area contributed by atoms with E-state index in [9.17, 15) is 23.9 Å². The van der Waals surface area contributed by atoms with Crippen molar-refractivity contribution in [2.24, 2.45) is 5.10 Å². The number of carbonyl (C=O) groups is 3. The van der Waals surface area contributed by atoms with Gasteiger partial charge in [-0.25, -0.2) is 27.8 Å². The smallest absolute Gasteiger partial charge is 0.463 e. The molecule has 3 aromatic rings. The SMILES string of the molecule is CCOC(=O)[C@H](C)OC(=O)OCN1C=NN(C[C@](O)(c2ccc(F)cc2F)[C@@H](C)N2CCN(c3ccc(-n4cnnn4)cc3)C2=O)C1.Cl. The highest BCUT2D eigenvalue weighted by atomic mass is 35.5.